The SMILES string of the molecule is Cn1cc(-c2cc(Oc3ccc(NC(=O)c4cnc(CCO)[nH]c4=O)nc3)ccn2)cn1. The lowest BCUT2D eigenvalue weighted by atomic mass is 10.2. The molecule has 0 saturated heterocycles. The van der Waals surface area contributed by atoms with Crippen LogP contribution in [-0.4, -0.2) is 47.3 Å². The Morgan fingerprint density at radius 2 is 2.03 bits per heavy atom. The molecule has 0 aromatic carbocycles. The Morgan fingerprint density at radius 1 is 1.16 bits per heavy atom. The van der Waals surface area contributed by atoms with E-state index in [9.17, 15) is 9.59 Å². The zero-order chi connectivity index (χ0) is 22.5. The molecule has 4 aromatic heterocycles. The predicted octanol–water partition coefficient (Wildman–Crippen LogP) is 1.54. The molecule has 32 heavy (non-hydrogen) atoms. The van der Waals surface area contributed by atoms with Gasteiger partial charge in [0, 0.05) is 43.7 Å². The average molecular weight is 433 g/mol. The zero-order valence-corrected chi connectivity index (χ0v) is 17.0. The molecule has 4 rings (SSSR count). The van der Waals surface area contributed by atoms with Crippen molar-refractivity contribution in [2.24, 2.45) is 7.05 Å². The second kappa shape index (κ2) is 9.18. The average Bonchev–Trinajstić information content (AvgIpc) is 3.22. The molecule has 1 amide bonds. The molecule has 11 heteroatoms. The number of aliphatic hydroxyl groups is 1. The van der Waals surface area contributed by atoms with Crippen LogP contribution in [0, 0.1) is 0 Å². The van der Waals surface area contributed by atoms with E-state index in [1.165, 1.54) is 12.4 Å². The molecule has 4 aromatic rings. The molecule has 0 fully saturated rings. The monoisotopic (exact) mass is 433 g/mol. The first-order chi connectivity index (χ1) is 15.5. The molecule has 0 aliphatic carbocycles. The Kier molecular flexibility index (Phi) is 5.99. The number of aliphatic hydroxyl groups excluding tert-OH is 1. The van der Waals surface area contributed by atoms with E-state index in [-0.39, 0.29) is 24.4 Å². The number of pyridine rings is 2. The largest absolute Gasteiger partial charge is 0.456 e. The number of anilines is 1. The number of carbonyl (C=O) groups excluding carboxylic acids is 1. The van der Waals surface area contributed by atoms with Crippen LogP contribution >= 0.6 is 0 Å². The third-order valence-electron chi connectivity index (χ3n) is 4.39. The van der Waals surface area contributed by atoms with Crippen molar-refractivity contribution in [1.29, 1.82) is 0 Å². The number of aromatic nitrogens is 6. The summed E-state index contributed by atoms with van der Waals surface area (Å²) < 4.78 is 7.51. The summed E-state index contributed by atoms with van der Waals surface area (Å²) >= 11 is 0. The molecule has 0 aliphatic heterocycles. The van der Waals surface area contributed by atoms with Crippen LogP contribution in [0.1, 0.15) is 16.2 Å². The Bertz CT molecular complexity index is 1300. The molecule has 4 heterocycles. The van der Waals surface area contributed by atoms with Gasteiger partial charge in [-0.15, -0.1) is 0 Å². The molecule has 0 spiro atoms. The van der Waals surface area contributed by atoms with Crippen molar-refractivity contribution >= 4 is 11.7 Å². The van der Waals surface area contributed by atoms with Crippen LogP contribution in [0.15, 0.2) is 60.0 Å². The topological polar surface area (TPSA) is 148 Å². The highest BCUT2D eigenvalue weighted by Crippen LogP contribution is 2.25. The first-order valence-corrected chi connectivity index (χ1v) is 9.61. The predicted molar refractivity (Wildman–Crippen MR) is 114 cm³/mol. The van der Waals surface area contributed by atoms with Crippen LogP contribution in [0.4, 0.5) is 5.82 Å². The van der Waals surface area contributed by atoms with E-state index in [1.807, 2.05) is 13.2 Å². The number of aromatic amines is 1. The number of hydrogen-bond acceptors (Lipinski definition) is 8. The molecule has 162 valence electrons. The summed E-state index contributed by atoms with van der Waals surface area (Å²) in [5, 5.41) is 15.6. The van der Waals surface area contributed by atoms with Crippen molar-refractivity contribution in [2.75, 3.05) is 11.9 Å². The van der Waals surface area contributed by atoms with Crippen LogP contribution in [0.2, 0.25) is 0 Å². The molecule has 0 radical (unpaired) electrons. The molecule has 0 unspecified atom stereocenters. The van der Waals surface area contributed by atoms with E-state index in [0.29, 0.717) is 17.3 Å². The van der Waals surface area contributed by atoms with Crippen LogP contribution in [0.3, 0.4) is 0 Å². The fraction of sp³-hybridized carbons (Fsp3) is 0.143. The van der Waals surface area contributed by atoms with Gasteiger partial charge in [0.1, 0.15) is 28.7 Å². The second-order valence-corrected chi connectivity index (χ2v) is 6.76. The number of nitrogens with one attached hydrogen (secondary N) is 2. The minimum absolute atomic E-state index is 0.156. The van der Waals surface area contributed by atoms with Crippen LogP contribution in [-0.2, 0) is 13.5 Å². The highest BCUT2D eigenvalue weighted by Gasteiger charge is 2.13. The Hall–Kier alpha value is -4.38. The van der Waals surface area contributed by atoms with Crippen molar-refractivity contribution < 1.29 is 14.6 Å². The molecule has 0 bridgehead atoms. The zero-order valence-electron chi connectivity index (χ0n) is 17.0. The Balaban J connectivity index is 1.42. The minimum atomic E-state index is -0.647. The van der Waals surface area contributed by atoms with Crippen LogP contribution < -0.4 is 15.6 Å². The summed E-state index contributed by atoms with van der Waals surface area (Å²) in [6, 6.07) is 6.69. The lowest BCUT2D eigenvalue weighted by Gasteiger charge is -2.08. The summed E-state index contributed by atoms with van der Waals surface area (Å²) in [6.45, 7) is -0.156. The van der Waals surface area contributed by atoms with Gasteiger partial charge in [-0.25, -0.2) is 9.97 Å². The molecule has 3 N–H and O–H groups in total. The number of carbonyl (C=O) groups is 1. The summed E-state index contributed by atoms with van der Waals surface area (Å²) in [4.78, 5) is 39.3. The Morgan fingerprint density at radius 3 is 2.72 bits per heavy atom. The lowest BCUT2D eigenvalue weighted by Crippen LogP contribution is -2.25. The fourth-order valence-corrected chi connectivity index (χ4v) is 2.85. The van der Waals surface area contributed by atoms with Gasteiger partial charge in [0.15, 0.2) is 0 Å². The molecule has 11 nitrogen and oxygen atoms in total. The van der Waals surface area contributed by atoms with E-state index >= 15 is 0 Å². The number of amides is 1. The standard InChI is InChI=1S/C21H19N7O4/c1-28-12-13(9-25-28)17-8-14(4-6-22-17)32-15-2-3-18(23-10-15)26-20(30)16-11-24-19(5-7-29)27-21(16)31/h2-4,6,8-12,29H,5,7H2,1H3,(H,23,26,30)(H,24,27,31). The van der Waals surface area contributed by atoms with Crippen molar-refractivity contribution in [2.45, 2.75) is 6.42 Å². The maximum absolute atomic E-state index is 12.3. The molecular formula is C21H19N7O4. The van der Waals surface area contributed by atoms with Gasteiger partial charge in [-0.1, -0.05) is 0 Å². The van der Waals surface area contributed by atoms with Crippen molar-refractivity contribution in [3.63, 3.8) is 0 Å². The Labute approximate surface area is 181 Å². The smallest absolute Gasteiger partial charge is 0.264 e. The quantitative estimate of drug-likeness (QED) is 0.397. The van der Waals surface area contributed by atoms with Gasteiger partial charge in [0.25, 0.3) is 11.5 Å². The van der Waals surface area contributed by atoms with Gasteiger partial charge in [0.2, 0.25) is 0 Å². The summed E-state index contributed by atoms with van der Waals surface area (Å²) in [5.74, 6) is 0.923. The van der Waals surface area contributed by atoms with E-state index in [0.717, 1.165) is 11.3 Å². The van der Waals surface area contributed by atoms with Crippen molar-refractivity contribution in [1.82, 2.24) is 29.7 Å². The van der Waals surface area contributed by atoms with Gasteiger partial charge in [-0.05, 0) is 18.2 Å². The third kappa shape index (κ3) is 4.84. The minimum Gasteiger partial charge on any atom is -0.456 e. The van der Waals surface area contributed by atoms with Crippen LogP contribution in [0.25, 0.3) is 11.3 Å². The van der Waals surface area contributed by atoms with E-state index in [4.69, 9.17) is 9.84 Å². The fourth-order valence-electron chi connectivity index (χ4n) is 2.85. The highest BCUT2D eigenvalue weighted by atomic mass is 16.5. The van der Waals surface area contributed by atoms with Crippen molar-refractivity contribution in [3.8, 4) is 22.8 Å². The van der Waals surface area contributed by atoms with E-state index < -0.39 is 11.5 Å². The van der Waals surface area contributed by atoms with Crippen molar-refractivity contribution in [3.05, 3.63) is 77.0 Å². The molecule has 0 saturated carbocycles. The number of aryl methyl sites for hydroxylation is 1. The van der Waals surface area contributed by atoms with Gasteiger partial charge in [0.05, 0.1) is 24.7 Å². The third-order valence-corrected chi connectivity index (χ3v) is 4.39. The second-order valence-electron chi connectivity index (χ2n) is 6.76. The maximum atomic E-state index is 12.3. The van der Waals surface area contributed by atoms with Gasteiger partial charge >= 0.3 is 0 Å². The molecule has 0 aliphatic rings. The number of rotatable bonds is 7. The molecular weight excluding hydrogens is 414 g/mol. The first-order valence-electron chi connectivity index (χ1n) is 9.61. The first kappa shape index (κ1) is 20.9. The normalized spacial score (nSPS) is 10.7. The highest BCUT2D eigenvalue weighted by molar-refractivity contribution is 6.03. The number of ether oxygens (including phenoxy) is 1. The summed E-state index contributed by atoms with van der Waals surface area (Å²) in [6.07, 6.45) is 8.02. The van der Waals surface area contributed by atoms with Gasteiger partial charge in [-0.3, -0.25) is 19.3 Å². The lowest BCUT2D eigenvalue weighted by molar-refractivity contribution is 0.102. The van der Waals surface area contributed by atoms with Crippen LogP contribution in [0.5, 0.6) is 11.5 Å². The van der Waals surface area contributed by atoms with Gasteiger partial charge in [-0.2, -0.15) is 5.10 Å². The van der Waals surface area contributed by atoms with E-state index in [1.54, 1.807) is 41.3 Å². The van der Waals surface area contributed by atoms with Gasteiger partial charge < -0.3 is 20.1 Å². The summed E-state index contributed by atoms with van der Waals surface area (Å²) in [5.41, 5.74) is 0.829. The number of hydrogen-bond donors (Lipinski definition) is 3. The number of H-pyrrole nitrogens is 1. The maximum Gasteiger partial charge on any atom is 0.264 e. The molecule has 0 atom stereocenters. The van der Waals surface area contributed by atoms with E-state index in [2.05, 4.69) is 30.4 Å². The summed E-state index contributed by atoms with van der Waals surface area (Å²) in [7, 11) is 1.83. The number of nitrogens with zero attached hydrogens (tertiary/aromatic N) is 5.